The Hall–Kier alpha value is -2.46. The molecule has 2 aliphatic rings. The van der Waals surface area contributed by atoms with Crippen LogP contribution in [0.3, 0.4) is 0 Å². The van der Waals surface area contributed by atoms with Gasteiger partial charge < -0.3 is 9.32 Å². The van der Waals surface area contributed by atoms with Crippen molar-refractivity contribution >= 4 is 17.7 Å². The Kier molecular flexibility index (Phi) is 4.48. The molecule has 3 amide bonds. The van der Waals surface area contributed by atoms with Gasteiger partial charge in [-0.05, 0) is 12.8 Å². The number of piperidine rings is 1. The second-order valence-electron chi connectivity index (χ2n) is 6.00. The minimum absolute atomic E-state index is 0.0942. The van der Waals surface area contributed by atoms with Crippen molar-refractivity contribution in [3.8, 4) is 0 Å². The van der Waals surface area contributed by atoms with Crippen LogP contribution in [0.2, 0.25) is 0 Å². The van der Waals surface area contributed by atoms with Gasteiger partial charge in [-0.2, -0.15) is 13.2 Å². The molecule has 0 saturated carbocycles. The first-order valence-electron chi connectivity index (χ1n) is 7.77. The molecule has 3 heterocycles. The van der Waals surface area contributed by atoms with Crippen LogP contribution in [0, 0.1) is 0 Å². The van der Waals surface area contributed by atoms with E-state index in [1.807, 2.05) is 0 Å². The highest BCUT2D eigenvalue weighted by atomic mass is 19.4. The van der Waals surface area contributed by atoms with Gasteiger partial charge in [-0.15, -0.1) is 10.2 Å². The van der Waals surface area contributed by atoms with Crippen molar-refractivity contribution in [2.45, 2.75) is 37.8 Å². The van der Waals surface area contributed by atoms with Crippen molar-refractivity contribution in [3.05, 3.63) is 11.8 Å². The van der Waals surface area contributed by atoms with Crippen LogP contribution in [-0.2, 0) is 20.6 Å². The van der Waals surface area contributed by atoms with E-state index in [9.17, 15) is 27.6 Å². The monoisotopic (exact) mass is 360 g/mol. The lowest BCUT2D eigenvalue weighted by atomic mass is 9.98. The molecule has 0 bridgehead atoms. The molecule has 0 spiro atoms. The average molecular weight is 360 g/mol. The number of hydrogen-bond acceptors (Lipinski definition) is 6. The molecular formula is C14H15F3N4O4. The molecule has 1 atom stereocenters. The maximum Gasteiger partial charge on any atom is 0.470 e. The van der Waals surface area contributed by atoms with E-state index >= 15 is 0 Å². The van der Waals surface area contributed by atoms with Crippen LogP contribution in [0.1, 0.15) is 43.4 Å². The normalized spacial score (nSPS) is 22.0. The Labute approximate surface area is 140 Å². The maximum absolute atomic E-state index is 12.5. The summed E-state index contributed by atoms with van der Waals surface area (Å²) < 4.78 is 42.3. The van der Waals surface area contributed by atoms with E-state index in [4.69, 9.17) is 0 Å². The summed E-state index contributed by atoms with van der Waals surface area (Å²) in [6.07, 6.45) is -3.48. The average Bonchev–Trinajstić information content (AvgIpc) is 3.17. The molecule has 8 nitrogen and oxygen atoms in total. The largest absolute Gasteiger partial charge is 0.470 e. The van der Waals surface area contributed by atoms with Crippen molar-refractivity contribution in [1.29, 1.82) is 0 Å². The van der Waals surface area contributed by atoms with E-state index in [0.29, 0.717) is 19.4 Å². The van der Waals surface area contributed by atoms with Gasteiger partial charge in [-0.3, -0.25) is 19.3 Å². The van der Waals surface area contributed by atoms with E-state index in [2.05, 4.69) is 14.6 Å². The lowest BCUT2D eigenvalue weighted by Gasteiger charge is -2.32. The molecule has 1 aromatic heterocycles. The first kappa shape index (κ1) is 17.4. The number of halogens is 3. The summed E-state index contributed by atoms with van der Waals surface area (Å²) >= 11 is 0. The highest BCUT2D eigenvalue weighted by Crippen LogP contribution is 2.32. The molecule has 2 fully saturated rings. The third kappa shape index (κ3) is 3.64. The summed E-state index contributed by atoms with van der Waals surface area (Å²) in [5, 5.41) is 6.43. The van der Waals surface area contributed by atoms with Crippen LogP contribution < -0.4 is 0 Å². The zero-order chi connectivity index (χ0) is 18.2. The molecular weight excluding hydrogens is 345 g/mol. The fourth-order valence-electron chi connectivity index (χ4n) is 2.95. The fraction of sp³-hybridized carbons (Fsp3) is 0.643. The number of aromatic nitrogens is 2. The topological polar surface area (TPSA) is 96.6 Å². The second-order valence-corrected chi connectivity index (χ2v) is 6.00. The van der Waals surface area contributed by atoms with E-state index in [1.54, 1.807) is 0 Å². The highest BCUT2D eigenvalue weighted by molar-refractivity contribution is 6.04. The molecule has 2 saturated heterocycles. The zero-order valence-corrected chi connectivity index (χ0v) is 13.1. The van der Waals surface area contributed by atoms with Crippen LogP contribution >= 0.6 is 0 Å². The second kappa shape index (κ2) is 6.45. The quantitative estimate of drug-likeness (QED) is 0.745. The number of nitrogens with zero attached hydrogens (tertiary/aromatic N) is 4. The Morgan fingerprint density at radius 3 is 2.48 bits per heavy atom. The molecule has 1 aromatic rings. The lowest BCUT2D eigenvalue weighted by Crippen LogP contribution is -2.46. The molecule has 3 rings (SSSR count). The van der Waals surface area contributed by atoms with Crippen molar-refractivity contribution in [2.75, 3.05) is 19.6 Å². The molecule has 0 N–H and O–H groups in total. The number of hydrogen-bond donors (Lipinski definition) is 0. The molecule has 1 unspecified atom stereocenters. The number of amides is 3. The van der Waals surface area contributed by atoms with Gasteiger partial charge in [0.2, 0.25) is 23.6 Å². The van der Waals surface area contributed by atoms with Crippen LogP contribution in [0.5, 0.6) is 0 Å². The number of imide groups is 1. The highest BCUT2D eigenvalue weighted by Gasteiger charge is 2.40. The van der Waals surface area contributed by atoms with Gasteiger partial charge in [0.25, 0.3) is 0 Å². The Morgan fingerprint density at radius 1 is 1.20 bits per heavy atom. The summed E-state index contributed by atoms with van der Waals surface area (Å²) in [5.74, 6) is -3.30. The van der Waals surface area contributed by atoms with Crippen molar-refractivity contribution in [1.82, 2.24) is 20.0 Å². The molecule has 2 aliphatic heterocycles. The summed E-state index contributed by atoms with van der Waals surface area (Å²) in [6.45, 7) is 0.155. The first-order chi connectivity index (χ1) is 11.8. The van der Waals surface area contributed by atoms with Crippen LogP contribution in [0.25, 0.3) is 0 Å². The van der Waals surface area contributed by atoms with Crippen LogP contribution in [0.4, 0.5) is 13.2 Å². The number of carbonyl (C=O) groups is 3. The fourth-order valence-corrected chi connectivity index (χ4v) is 2.95. The van der Waals surface area contributed by atoms with E-state index < -0.39 is 35.7 Å². The predicted octanol–water partition coefficient (Wildman–Crippen LogP) is 0.943. The van der Waals surface area contributed by atoms with Gasteiger partial charge in [0.15, 0.2) is 0 Å². The minimum Gasteiger partial charge on any atom is -0.417 e. The third-order valence-electron chi connectivity index (χ3n) is 4.25. The minimum atomic E-state index is -4.72. The van der Waals surface area contributed by atoms with Gasteiger partial charge in [-0.25, -0.2) is 0 Å². The van der Waals surface area contributed by atoms with Gasteiger partial charge in [0, 0.05) is 25.9 Å². The molecule has 0 aromatic carbocycles. The van der Waals surface area contributed by atoms with Gasteiger partial charge in [0.1, 0.15) is 6.54 Å². The van der Waals surface area contributed by atoms with Crippen molar-refractivity contribution in [2.24, 2.45) is 0 Å². The molecule has 0 radical (unpaired) electrons. The third-order valence-corrected chi connectivity index (χ3v) is 4.25. The molecule has 0 aliphatic carbocycles. The summed E-state index contributed by atoms with van der Waals surface area (Å²) in [5.41, 5.74) is 0. The predicted molar refractivity (Wildman–Crippen MR) is 73.8 cm³/mol. The number of likely N-dealkylation sites (tertiary alicyclic amines) is 2. The standard InChI is InChI=1S/C14H15F3N4O4/c15-14(16,17)13-19-18-12(25-13)8-2-1-5-20(6-8)11(24)7-21-9(22)3-4-10(21)23/h8H,1-7H2. The van der Waals surface area contributed by atoms with Crippen molar-refractivity contribution in [3.63, 3.8) is 0 Å². The SMILES string of the molecule is O=C(CN1C(=O)CCC1=O)N1CCCC(c2nnc(C(F)(F)F)o2)C1. The Balaban J connectivity index is 1.64. The van der Waals surface area contributed by atoms with Crippen LogP contribution in [0.15, 0.2) is 4.42 Å². The van der Waals surface area contributed by atoms with Gasteiger partial charge >= 0.3 is 12.1 Å². The zero-order valence-electron chi connectivity index (χ0n) is 13.1. The van der Waals surface area contributed by atoms with Gasteiger partial charge in [-0.1, -0.05) is 0 Å². The Morgan fingerprint density at radius 2 is 1.88 bits per heavy atom. The summed E-state index contributed by atoms with van der Waals surface area (Å²) in [6, 6.07) is 0. The molecule has 136 valence electrons. The number of alkyl halides is 3. The molecule has 25 heavy (non-hydrogen) atoms. The number of carbonyl (C=O) groups excluding carboxylic acids is 3. The van der Waals surface area contributed by atoms with Gasteiger partial charge in [0.05, 0.1) is 5.92 Å². The molecule has 11 heteroatoms. The van der Waals surface area contributed by atoms with E-state index in [-0.39, 0.29) is 31.8 Å². The maximum atomic E-state index is 12.5. The first-order valence-corrected chi connectivity index (χ1v) is 7.77. The van der Waals surface area contributed by atoms with E-state index in [1.165, 1.54) is 4.90 Å². The summed E-state index contributed by atoms with van der Waals surface area (Å²) in [4.78, 5) is 37.8. The van der Waals surface area contributed by atoms with Crippen LogP contribution in [-0.4, -0.2) is 57.4 Å². The smallest absolute Gasteiger partial charge is 0.417 e. The van der Waals surface area contributed by atoms with Crippen molar-refractivity contribution < 1.29 is 32.0 Å². The number of rotatable bonds is 3. The Bertz CT molecular complexity index is 686. The summed E-state index contributed by atoms with van der Waals surface area (Å²) in [7, 11) is 0. The lowest BCUT2D eigenvalue weighted by molar-refractivity contribution is -0.157. The van der Waals surface area contributed by atoms with E-state index in [0.717, 1.165) is 4.90 Å².